The molecule has 4 heteroatoms. The van der Waals surface area contributed by atoms with Gasteiger partial charge in [0.25, 0.3) is 0 Å². The summed E-state index contributed by atoms with van der Waals surface area (Å²) >= 11 is 0. The van der Waals surface area contributed by atoms with E-state index >= 15 is 0 Å². The lowest BCUT2D eigenvalue weighted by Gasteiger charge is -2.14. The van der Waals surface area contributed by atoms with E-state index in [0.717, 1.165) is 39.5 Å². The molecule has 0 N–H and O–H groups in total. The average molecular weight is 601 g/mol. The first kappa shape index (κ1) is 25.9. The predicted molar refractivity (Wildman–Crippen MR) is 195 cm³/mol. The van der Waals surface area contributed by atoms with Gasteiger partial charge in [0.15, 0.2) is 0 Å². The van der Waals surface area contributed by atoms with Gasteiger partial charge in [0.1, 0.15) is 5.82 Å². The van der Waals surface area contributed by atoms with Crippen molar-refractivity contribution in [2.75, 3.05) is 0 Å². The van der Waals surface area contributed by atoms with Crippen LogP contribution >= 0.6 is 0 Å². The zero-order valence-electron chi connectivity index (χ0n) is 25.5. The van der Waals surface area contributed by atoms with E-state index < -0.39 is 0 Å². The lowest BCUT2D eigenvalue weighted by atomic mass is 10.1. The van der Waals surface area contributed by atoms with E-state index in [4.69, 9.17) is 4.98 Å². The fraction of sp³-hybridized carbons (Fsp3) is 0. The molecule has 0 saturated carbocycles. The van der Waals surface area contributed by atoms with E-state index in [0.29, 0.717) is 0 Å². The molecular weight excluding hydrogens is 573 g/mol. The van der Waals surface area contributed by atoms with Crippen LogP contribution in [0.4, 0.5) is 0 Å². The molecule has 0 aliphatic rings. The van der Waals surface area contributed by atoms with Crippen LogP contribution in [0.25, 0.3) is 83.1 Å². The lowest BCUT2D eigenvalue weighted by molar-refractivity contribution is 1.08. The lowest BCUT2D eigenvalue weighted by Crippen LogP contribution is -2.01. The maximum atomic E-state index is 5.25. The molecule has 10 aromatic rings. The van der Waals surface area contributed by atoms with Crippen LogP contribution in [0.2, 0.25) is 0 Å². The Morgan fingerprint density at radius 2 is 0.723 bits per heavy atom. The van der Waals surface area contributed by atoms with Crippen LogP contribution in [0, 0.1) is 0 Å². The van der Waals surface area contributed by atoms with Gasteiger partial charge in [0, 0.05) is 44.2 Å². The standard InChI is InChI=1S/C43H28N4/c1-6-22-38-33(17-1)34-18-2-7-23-39(34)45(38)30-14-11-13-29(27-30)43-44-37-21-5-10-26-42(37)47(43)32-16-12-15-31(28-32)46-40-24-8-3-19-35(40)36-20-4-9-25-41(36)46/h1-28H. The molecule has 7 aromatic carbocycles. The molecule has 3 aromatic heterocycles. The van der Waals surface area contributed by atoms with Crippen LogP contribution in [0.1, 0.15) is 0 Å². The average Bonchev–Trinajstić information content (AvgIpc) is 3.80. The highest BCUT2D eigenvalue weighted by Crippen LogP contribution is 2.36. The van der Waals surface area contributed by atoms with Crippen molar-refractivity contribution in [3.05, 3.63) is 170 Å². The summed E-state index contributed by atoms with van der Waals surface area (Å²) in [5.74, 6) is 0.910. The van der Waals surface area contributed by atoms with Gasteiger partial charge in [0.05, 0.1) is 33.1 Å². The van der Waals surface area contributed by atoms with Gasteiger partial charge >= 0.3 is 0 Å². The minimum absolute atomic E-state index is 0.910. The maximum Gasteiger partial charge on any atom is 0.145 e. The van der Waals surface area contributed by atoms with Gasteiger partial charge in [-0.05, 0) is 66.7 Å². The number of benzene rings is 7. The van der Waals surface area contributed by atoms with Crippen molar-refractivity contribution in [2.45, 2.75) is 0 Å². The molecule has 0 radical (unpaired) electrons. The van der Waals surface area contributed by atoms with Gasteiger partial charge in [-0.2, -0.15) is 0 Å². The smallest absolute Gasteiger partial charge is 0.145 e. The van der Waals surface area contributed by atoms with Gasteiger partial charge in [-0.1, -0.05) is 103 Å². The first-order valence-electron chi connectivity index (χ1n) is 16.0. The van der Waals surface area contributed by atoms with Crippen LogP contribution in [-0.2, 0) is 0 Å². The molecule has 0 spiro atoms. The molecule has 0 aliphatic carbocycles. The molecule has 47 heavy (non-hydrogen) atoms. The Labute approximate surface area is 271 Å². The van der Waals surface area contributed by atoms with E-state index in [-0.39, 0.29) is 0 Å². The number of rotatable bonds is 4. The molecule has 10 rings (SSSR count). The van der Waals surface area contributed by atoms with E-state index in [1.807, 2.05) is 0 Å². The van der Waals surface area contributed by atoms with E-state index in [1.165, 1.54) is 43.6 Å². The third-order valence-electron chi connectivity index (χ3n) is 9.43. The van der Waals surface area contributed by atoms with E-state index in [1.54, 1.807) is 0 Å². The quantitative estimate of drug-likeness (QED) is 0.197. The summed E-state index contributed by atoms with van der Waals surface area (Å²) in [5, 5.41) is 5.01. The van der Waals surface area contributed by atoms with Crippen molar-refractivity contribution in [1.29, 1.82) is 0 Å². The van der Waals surface area contributed by atoms with Gasteiger partial charge in [-0.15, -0.1) is 0 Å². The fourth-order valence-corrected chi connectivity index (χ4v) is 7.44. The van der Waals surface area contributed by atoms with Gasteiger partial charge in [-0.25, -0.2) is 4.98 Å². The topological polar surface area (TPSA) is 27.7 Å². The summed E-state index contributed by atoms with van der Waals surface area (Å²) in [6.07, 6.45) is 0. The number of fused-ring (bicyclic) bond motifs is 7. The van der Waals surface area contributed by atoms with Gasteiger partial charge < -0.3 is 9.13 Å². The SMILES string of the molecule is c1cc(-c2nc3ccccc3n2-c2cccc(-n3c4ccccc4c4ccccc43)c2)cc(-n2c3ccccc3c3ccccc32)c1. The molecule has 0 aliphatic heterocycles. The molecule has 0 amide bonds. The molecule has 0 bridgehead atoms. The van der Waals surface area contributed by atoms with Crippen molar-refractivity contribution >= 4 is 54.6 Å². The normalized spacial score (nSPS) is 11.8. The zero-order chi connectivity index (χ0) is 30.9. The second kappa shape index (κ2) is 10.1. The fourth-order valence-electron chi connectivity index (χ4n) is 7.44. The Morgan fingerprint density at radius 1 is 0.319 bits per heavy atom. The predicted octanol–water partition coefficient (Wildman–Crippen LogP) is 10.9. The molecule has 0 saturated heterocycles. The number of hydrogen-bond acceptors (Lipinski definition) is 1. The van der Waals surface area contributed by atoms with Crippen molar-refractivity contribution in [3.63, 3.8) is 0 Å². The summed E-state index contributed by atoms with van der Waals surface area (Å²) in [7, 11) is 0. The van der Waals surface area contributed by atoms with Crippen molar-refractivity contribution in [2.24, 2.45) is 0 Å². The monoisotopic (exact) mass is 600 g/mol. The van der Waals surface area contributed by atoms with Crippen LogP contribution in [0.15, 0.2) is 170 Å². The number of imidazole rings is 1. The van der Waals surface area contributed by atoms with E-state index in [9.17, 15) is 0 Å². The summed E-state index contributed by atoms with van der Waals surface area (Å²) in [6, 6.07) is 60.6. The molecule has 220 valence electrons. The molecule has 0 unspecified atom stereocenters. The van der Waals surface area contributed by atoms with Crippen LogP contribution in [0.3, 0.4) is 0 Å². The third kappa shape index (κ3) is 3.85. The highest BCUT2D eigenvalue weighted by Gasteiger charge is 2.18. The van der Waals surface area contributed by atoms with Gasteiger partial charge in [-0.3, -0.25) is 4.57 Å². The Kier molecular flexibility index (Phi) is 5.54. The van der Waals surface area contributed by atoms with Crippen LogP contribution < -0.4 is 0 Å². The number of aromatic nitrogens is 4. The van der Waals surface area contributed by atoms with E-state index in [2.05, 4.69) is 184 Å². The largest absolute Gasteiger partial charge is 0.309 e. The van der Waals surface area contributed by atoms with Crippen molar-refractivity contribution in [3.8, 4) is 28.5 Å². The first-order chi connectivity index (χ1) is 23.3. The highest BCUT2D eigenvalue weighted by atomic mass is 15.1. The minimum Gasteiger partial charge on any atom is -0.309 e. The Bertz CT molecular complexity index is 2700. The molecule has 0 atom stereocenters. The maximum absolute atomic E-state index is 5.25. The summed E-state index contributed by atoms with van der Waals surface area (Å²) in [6.45, 7) is 0. The summed E-state index contributed by atoms with van der Waals surface area (Å²) in [4.78, 5) is 5.25. The summed E-state index contributed by atoms with van der Waals surface area (Å²) in [5.41, 5.74) is 11.2. The second-order valence-corrected chi connectivity index (χ2v) is 12.1. The Hall–Kier alpha value is -6.39. The van der Waals surface area contributed by atoms with Gasteiger partial charge in [0.2, 0.25) is 0 Å². The highest BCUT2D eigenvalue weighted by molar-refractivity contribution is 6.10. The summed E-state index contributed by atoms with van der Waals surface area (Å²) < 4.78 is 7.04. The Balaban J connectivity index is 1.19. The molecule has 3 heterocycles. The number of para-hydroxylation sites is 6. The molecular formula is C43H28N4. The zero-order valence-corrected chi connectivity index (χ0v) is 25.5. The van der Waals surface area contributed by atoms with Crippen LogP contribution in [0.5, 0.6) is 0 Å². The number of hydrogen-bond donors (Lipinski definition) is 0. The second-order valence-electron chi connectivity index (χ2n) is 12.1. The van der Waals surface area contributed by atoms with Crippen LogP contribution in [-0.4, -0.2) is 18.7 Å². The Morgan fingerprint density at radius 3 is 1.26 bits per heavy atom. The third-order valence-corrected chi connectivity index (χ3v) is 9.43. The minimum atomic E-state index is 0.910. The molecule has 0 fully saturated rings. The van der Waals surface area contributed by atoms with Crippen molar-refractivity contribution < 1.29 is 0 Å². The number of nitrogens with zero attached hydrogens (tertiary/aromatic N) is 4. The first-order valence-corrected chi connectivity index (χ1v) is 16.0. The molecule has 4 nitrogen and oxygen atoms in total. The van der Waals surface area contributed by atoms with Crippen molar-refractivity contribution in [1.82, 2.24) is 18.7 Å².